The monoisotopic (exact) mass is 178 g/mol. The van der Waals surface area contributed by atoms with E-state index in [1.165, 1.54) is 5.56 Å². The maximum Gasteiger partial charge on any atom is 0.127 e. The van der Waals surface area contributed by atoms with Crippen molar-refractivity contribution >= 4 is 0 Å². The molecule has 1 aromatic carbocycles. The fourth-order valence-electron chi connectivity index (χ4n) is 1.72. The Balaban J connectivity index is 2.50. The van der Waals surface area contributed by atoms with Crippen molar-refractivity contribution in [3.63, 3.8) is 0 Å². The zero-order valence-electron chi connectivity index (χ0n) is 8.16. The van der Waals surface area contributed by atoms with Gasteiger partial charge in [0, 0.05) is 17.5 Å². The van der Waals surface area contributed by atoms with E-state index in [1.807, 2.05) is 6.07 Å². The highest BCUT2D eigenvalue weighted by Gasteiger charge is 2.37. The quantitative estimate of drug-likeness (QED) is 0.661. The van der Waals surface area contributed by atoms with Gasteiger partial charge in [0.05, 0.1) is 0 Å². The van der Waals surface area contributed by atoms with Crippen LogP contribution in [0.5, 0.6) is 11.5 Å². The van der Waals surface area contributed by atoms with Crippen LogP contribution in [0.25, 0.3) is 0 Å². The number of phenolic OH excluding ortho intramolecular Hbond substituents is 1. The maximum atomic E-state index is 9.27. The largest absolute Gasteiger partial charge is 0.508 e. The van der Waals surface area contributed by atoms with Crippen molar-refractivity contribution in [2.45, 2.75) is 32.3 Å². The van der Waals surface area contributed by atoms with Crippen LogP contribution in [0.1, 0.15) is 32.3 Å². The fourth-order valence-corrected chi connectivity index (χ4v) is 1.72. The molecule has 0 radical (unpaired) electrons. The molecule has 1 aromatic rings. The van der Waals surface area contributed by atoms with Crippen LogP contribution in [0.3, 0.4) is 0 Å². The topological polar surface area (TPSA) is 29.5 Å². The van der Waals surface area contributed by atoms with Crippen LogP contribution in [0.2, 0.25) is 0 Å². The van der Waals surface area contributed by atoms with Crippen molar-refractivity contribution < 1.29 is 9.84 Å². The molecule has 0 spiro atoms. The summed E-state index contributed by atoms with van der Waals surface area (Å²) < 4.78 is 5.73. The summed E-state index contributed by atoms with van der Waals surface area (Å²) in [6.45, 7) is 6.27. The highest BCUT2D eigenvalue weighted by atomic mass is 16.5. The predicted molar refractivity (Wildman–Crippen MR) is 51.2 cm³/mol. The molecule has 70 valence electrons. The summed E-state index contributed by atoms with van der Waals surface area (Å²) in [6, 6.07) is 5.32. The predicted octanol–water partition coefficient (Wildman–Crippen LogP) is 2.67. The highest BCUT2D eigenvalue weighted by Crippen LogP contribution is 2.45. The molecule has 2 heteroatoms. The molecule has 0 aliphatic carbocycles. The number of ether oxygens (including phenoxy) is 1. The molecule has 1 aliphatic rings. The molecule has 0 saturated heterocycles. The van der Waals surface area contributed by atoms with E-state index in [9.17, 15) is 5.11 Å². The van der Waals surface area contributed by atoms with E-state index in [0.29, 0.717) is 5.92 Å². The van der Waals surface area contributed by atoms with Gasteiger partial charge >= 0.3 is 0 Å². The first kappa shape index (κ1) is 8.42. The summed E-state index contributed by atoms with van der Waals surface area (Å²) in [7, 11) is 0. The Hall–Kier alpha value is -1.18. The number of fused-ring (bicyclic) bond motifs is 1. The van der Waals surface area contributed by atoms with Gasteiger partial charge < -0.3 is 9.84 Å². The van der Waals surface area contributed by atoms with Crippen LogP contribution in [0.15, 0.2) is 18.2 Å². The Labute approximate surface area is 78.2 Å². The molecular formula is C11H14O2. The summed E-state index contributed by atoms with van der Waals surface area (Å²) in [6.07, 6.45) is 0. The molecule has 2 nitrogen and oxygen atoms in total. The Morgan fingerprint density at radius 3 is 2.77 bits per heavy atom. The van der Waals surface area contributed by atoms with Crippen molar-refractivity contribution in [3.05, 3.63) is 23.8 Å². The van der Waals surface area contributed by atoms with Gasteiger partial charge in [0.1, 0.15) is 17.1 Å². The normalized spacial score (nSPS) is 23.8. The van der Waals surface area contributed by atoms with Crippen LogP contribution in [0, 0.1) is 0 Å². The summed E-state index contributed by atoms with van der Waals surface area (Å²) in [4.78, 5) is 0. The Kier molecular flexibility index (Phi) is 1.56. The number of benzene rings is 1. The van der Waals surface area contributed by atoms with Crippen LogP contribution in [0.4, 0.5) is 0 Å². The number of rotatable bonds is 0. The molecule has 1 aliphatic heterocycles. The third kappa shape index (κ3) is 1.17. The third-order valence-corrected chi connectivity index (χ3v) is 2.88. The molecule has 0 fully saturated rings. The van der Waals surface area contributed by atoms with Crippen molar-refractivity contribution in [2.75, 3.05) is 0 Å². The summed E-state index contributed by atoms with van der Waals surface area (Å²) >= 11 is 0. The molecule has 1 unspecified atom stereocenters. The minimum Gasteiger partial charge on any atom is -0.508 e. The summed E-state index contributed by atoms with van der Waals surface area (Å²) in [5.41, 5.74) is 1.03. The smallest absolute Gasteiger partial charge is 0.127 e. The van der Waals surface area contributed by atoms with Crippen LogP contribution < -0.4 is 4.74 Å². The lowest BCUT2D eigenvalue weighted by Gasteiger charge is -2.22. The molecular weight excluding hydrogens is 164 g/mol. The van der Waals surface area contributed by atoms with Gasteiger partial charge in [0.2, 0.25) is 0 Å². The van der Waals surface area contributed by atoms with Gasteiger partial charge in [-0.05, 0) is 19.9 Å². The van der Waals surface area contributed by atoms with Gasteiger partial charge in [0.25, 0.3) is 0 Å². The van der Waals surface area contributed by atoms with Gasteiger partial charge in [-0.2, -0.15) is 0 Å². The van der Waals surface area contributed by atoms with Crippen molar-refractivity contribution in [1.82, 2.24) is 0 Å². The van der Waals surface area contributed by atoms with E-state index in [-0.39, 0.29) is 11.4 Å². The lowest BCUT2D eigenvalue weighted by Crippen LogP contribution is -2.28. The second-order valence-electron chi connectivity index (χ2n) is 4.15. The number of hydrogen-bond donors (Lipinski definition) is 1. The molecule has 13 heavy (non-hydrogen) atoms. The van der Waals surface area contributed by atoms with Gasteiger partial charge in [-0.15, -0.1) is 0 Å². The average molecular weight is 178 g/mol. The second-order valence-corrected chi connectivity index (χ2v) is 4.15. The molecule has 1 heterocycles. The summed E-state index contributed by atoms with van der Waals surface area (Å²) in [5, 5.41) is 9.27. The van der Waals surface area contributed by atoms with Gasteiger partial charge in [0.15, 0.2) is 0 Å². The van der Waals surface area contributed by atoms with E-state index in [4.69, 9.17) is 4.74 Å². The first-order valence-corrected chi connectivity index (χ1v) is 4.52. The molecule has 2 rings (SSSR count). The lowest BCUT2D eigenvalue weighted by molar-refractivity contribution is 0.115. The molecule has 1 atom stereocenters. The first-order valence-electron chi connectivity index (χ1n) is 4.52. The maximum absolute atomic E-state index is 9.27. The van der Waals surface area contributed by atoms with Crippen molar-refractivity contribution in [2.24, 2.45) is 0 Å². The van der Waals surface area contributed by atoms with Gasteiger partial charge in [-0.3, -0.25) is 0 Å². The standard InChI is InChI=1S/C11H14O2/c1-7-9-5-4-8(12)6-10(9)13-11(7,2)3/h4-7,12H,1-3H3. The van der Waals surface area contributed by atoms with Crippen LogP contribution in [-0.2, 0) is 0 Å². The van der Waals surface area contributed by atoms with Crippen LogP contribution >= 0.6 is 0 Å². The van der Waals surface area contributed by atoms with E-state index in [0.717, 1.165) is 5.75 Å². The lowest BCUT2D eigenvalue weighted by atomic mass is 9.89. The minimum absolute atomic E-state index is 0.157. The van der Waals surface area contributed by atoms with Crippen molar-refractivity contribution in [1.29, 1.82) is 0 Å². The van der Waals surface area contributed by atoms with E-state index >= 15 is 0 Å². The Morgan fingerprint density at radius 1 is 1.38 bits per heavy atom. The van der Waals surface area contributed by atoms with Crippen LogP contribution in [-0.4, -0.2) is 10.7 Å². The van der Waals surface area contributed by atoms with E-state index < -0.39 is 0 Å². The fraction of sp³-hybridized carbons (Fsp3) is 0.455. The molecule has 1 N–H and O–H groups in total. The number of hydrogen-bond acceptors (Lipinski definition) is 2. The zero-order valence-corrected chi connectivity index (χ0v) is 8.16. The average Bonchev–Trinajstić information content (AvgIpc) is 2.22. The molecule has 0 aromatic heterocycles. The SMILES string of the molecule is CC1c2ccc(O)cc2OC1(C)C. The highest BCUT2D eigenvalue weighted by molar-refractivity contribution is 5.46. The minimum atomic E-state index is -0.157. The molecule has 0 saturated carbocycles. The van der Waals surface area contributed by atoms with Crippen molar-refractivity contribution in [3.8, 4) is 11.5 Å². The number of phenols is 1. The van der Waals surface area contributed by atoms with E-state index in [2.05, 4.69) is 20.8 Å². The Bertz CT molecular complexity index is 342. The Morgan fingerprint density at radius 2 is 2.08 bits per heavy atom. The second kappa shape index (κ2) is 2.41. The van der Waals surface area contributed by atoms with Gasteiger partial charge in [-0.25, -0.2) is 0 Å². The first-order chi connectivity index (χ1) is 6.00. The van der Waals surface area contributed by atoms with Gasteiger partial charge in [-0.1, -0.05) is 13.0 Å². The molecule has 0 amide bonds. The third-order valence-electron chi connectivity index (χ3n) is 2.88. The van der Waals surface area contributed by atoms with E-state index in [1.54, 1.807) is 12.1 Å². The summed E-state index contributed by atoms with van der Waals surface area (Å²) in [5.74, 6) is 1.46. The zero-order chi connectivity index (χ0) is 9.64. The molecule has 0 bridgehead atoms. The number of aromatic hydroxyl groups is 1.